The van der Waals surface area contributed by atoms with Crippen molar-refractivity contribution in [3.8, 4) is 5.69 Å². The highest BCUT2D eigenvalue weighted by Crippen LogP contribution is 2.22. The lowest BCUT2D eigenvalue weighted by Gasteiger charge is -2.11. The van der Waals surface area contributed by atoms with Gasteiger partial charge in [-0.2, -0.15) is 9.50 Å². The summed E-state index contributed by atoms with van der Waals surface area (Å²) < 4.78 is 2.93. The number of rotatable bonds is 2. The van der Waals surface area contributed by atoms with Crippen LogP contribution in [0.1, 0.15) is 17.1 Å². The second kappa shape index (κ2) is 5.45. The van der Waals surface area contributed by atoms with E-state index in [1.807, 2.05) is 0 Å². The highest BCUT2D eigenvalue weighted by atomic mass is 16.6. The Morgan fingerprint density at radius 2 is 1.88 bits per heavy atom. The molecule has 1 aromatic carbocycles. The number of fused-ring (bicyclic) bond motifs is 3. The highest BCUT2D eigenvalue weighted by Gasteiger charge is 2.16. The normalized spacial score (nSPS) is 11.3. The monoisotopic (exact) mass is 350 g/mol. The Labute approximate surface area is 146 Å². The van der Waals surface area contributed by atoms with Gasteiger partial charge in [0.1, 0.15) is 5.82 Å². The van der Waals surface area contributed by atoms with E-state index in [0.717, 1.165) is 5.56 Å². The zero-order valence-corrected chi connectivity index (χ0v) is 14.3. The fraction of sp³-hybridized carbons (Fsp3) is 0.176. The molecule has 4 aromatic rings. The van der Waals surface area contributed by atoms with E-state index in [1.165, 1.54) is 21.2 Å². The Kier molecular flexibility index (Phi) is 3.33. The molecule has 0 aliphatic rings. The first-order chi connectivity index (χ1) is 12.4. The van der Waals surface area contributed by atoms with Crippen LogP contribution >= 0.6 is 0 Å². The van der Waals surface area contributed by atoms with Crippen LogP contribution in [0.15, 0.2) is 35.3 Å². The Morgan fingerprint density at radius 3 is 2.62 bits per heavy atom. The number of aromatic nitrogens is 5. The standard InChI is InChI=1S/C17H14N6O3/c1-9-4-5-12(23(25)26)8-14(9)21-7-6-13-15(16(21)24)10(2)18-17-19-11(3)20-22(13)17/h4-8H,1-3H3. The molecule has 9 heteroatoms. The van der Waals surface area contributed by atoms with E-state index in [1.54, 1.807) is 39.1 Å². The Morgan fingerprint density at radius 1 is 1.12 bits per heavy atom. The van der Waals surface area contributed by atoms with Crippen molar-refractivity contribution in [2.45, 2.75) is 20.8 Å². The summed E-state index contributed by atoms with van der Waals surface area (Å²) in [7, 11) is 0. The van der Waals surface area contributed by atoms with Crippen LogP contribution in [0.2, 0.25) is 0 Å². The maximum absolute atomic E-state index is 13.1. The highest BCUT2D eigenvalue weighted by molar-refractivity contribution is 5.82. The number of hydrogen-bond acceptors (Lipinski definition) is 6. The van der Waals surface area contributed by atoms with Gasteiger partial charge in [-0.1, -0.05) is 6.07 Å². The number of nitro groups is 1. The van der Waals surface area contributed by atoms with Crippen molar-refractivity contribution >= 4 is 22.4 Å². The first kappa shape index (κ1) is 15.9. The van der Waals surface area contributed by atoms with Crippen LogP contribution in [0, 0.1) is 30.9 Å². The summed E-state index contributed by atoms with van der Waals surface area (Å²) in [6.45, 7) is 5.28. The molecule has 130 valence electrons. The van der Waals surface area contributed by atoms with Crippen molar-refractivity contribution in [3.63, 3.8) is 0 Å². The lowest BCUT2D eigenvalue weighted by Crippen LogP contribution is -2.21. The van der Waals surface area contributed by atoms with Crippen molar-refractivity contribution in [3.05, 3.63) is 68.0 Å². The van der Waals surface area contributed by atoms with Crippen molar-refractivity contribution in [1.29, 1.82) is 0 Å². The third kappa shape index (κ3) is 2.25. The molecule has 0 fully saturated rings. The molecular formula is C17H14N6O3. The van der Waals surface area contributed by atoms with E-state index in [0.29, 0.717) is 33.9 Å². The fourth-order valence-corrected chi connectivity index (χ4v) is 3.05. The molecule has 0 N–H and O–H groups in total. The van der Waals surface area contributed by atoms with Crippen molar-refractivity contribution in [2.24, 2.45) is 0 Å². The summed E-state index contributed by atoms with van der Waals surface area (Å²) in [6.07, 6.45) is 1.59. The molecule has 0 saturated heterocycles. The average Bonchev–Trinajstić information content (AvgIpc) is 2.95. The van der Waals surface area contributed by atoms with Crippen LogP contribution in [0.3, 0.4) is 0 Å². The number of nitro benzene ring substituents is 1. The Balaban J connectivity index is 2.08. The van der Waals surface area contributed by atoms with Crippen LogP contribution in [0.25, 0.3) is 22.4 Å². The van der Waals surface area contributed by atoms with Crippen LogP contribution in [-0.2, 0) is 0 Å². The minimum absolute atomic E-state index is 0.0743. The third-order valence-electron chi connectivity index (χ3n) is 4.29. The summed E-state index contributed by atoms with van der Waals surface area (Å²) in [5.74, 6) is 0.985. The van der Waals surface area contributed by atoms with Gasteiger partial charge in [-0.05, 0) is 32.4 Å². The van der Waals surface area contributed by atoms with E-state index >= 15 is 0 Å². The van der Waals surface area contributed by atoms with Gasteiger partial charge in [0, 0.05) is 18.3 Å². The fourth-order valence-electron chi connectivity index (χ4n) is 3.05. The number of non-ortho nitro benzene ring substituents is 1. The predicted octanol–water partition coefficient (Wildman–Crippen LogP) is 2.26. The summed E-state index contributed by atoms with van der Waals surface area (Å²) >= 11 is 0. The largest absolute Gasteiger partial charge is 0.283 e. The van der Waals surface area contributed by atoms with Gasteiger partial charge >= 0.3 is 0 Å². The zero-order valence-electron chi connectivity index (χ0n) is 14.3. The molecule has 4 rings (SSSR count). The average molecular weight is 350 g/mol. The molecule has 0 bridgehead atoms. The lowest BCUT2D eigenvalue weighted by molar-refractivity contribution is -0.384. The molecule has 0 amide bonds. The van der Waals surface area contributed by atoms with Gasteiger partial charge in [-0.3, -0.25) is 19.5 Å². The molecule has 9 nitrogen and oxygen atoms in total. The van der Waals surface area contributed by atoms with Crippen LogP contribution in [-0.4, -0.2) is 29.1 Å². The molecule has 0 unspecified atom stereocenters. The lowest BCUT2D eigenvalue weighted by atomic mass is 10.1. The van der Waals surface area contributed by atoms with Gasteiger partial charge in [0.15, 0.2) is 0 Å². The summed E-state index contributed by atoms with van der Waals surface area (Å²) in [6, 6.07) is 6.17. The van der Waals surface area contributed by atoms with Gasteiger partial charge in [0.05, 0.1) is 27.2 Å². The molecule has 0 atom stereocenters. The number of aryl methyl sites for hydroxylation is 3. The number of benzene rings is 1. The topological polar surface area (TPSA) is 108 Å². The molecule has 0 aliphatic heterocycles. The van der Waals surface area contributed by atoms with E-state index in [4.69, 9.17) is 0 Å². The number of hydrogen-bond donors (Lipinski definition) is 0. The van der Waals surface area contributed by atoms with Crippen molar-refractivity contribution < 1.29 is 4.92 Å². The maximum atomic E-state index is 13.1. The van der Waals surface area contributed by atoms with Gasteiger partial charge in [0.25, 0.3) is 17.0 Å². The summed E-state index contributed by atoms with van der Waals surface area (Å²) in [4.78, 5) is 32.3. The van der Waals surface area contributed by atoms with Crippen LogP contribution < -0.4 is 5.56 Å². The van der Waals surface area contributed by atoms with Gasteiger partial charge in [-0.15, -0.1) is 5.10 Å². The minimum Gasteiger partial charge on any atom is -0.283 e. The number of nitrogens with zero attached hydrogens (tertiary/aromatic N) is 6. The SMILES string of the molecule is Cc1nc2nc(C)c3c(=O)n(-c4cc([N+](=O)[O-])ccc4C)ccc3n2n1. The molecule has 3 heterocycles. The minimum atomic E-state index is -0.483. The second-order valence-corrected chi connectivity index (χ2v) is 6.05. The van der Waals surface area contributed by atoms with Crippen molar-refractivity contribution in [2.75, 3.05) is 0 Å². The van der Waals surface area contributed by atoms with Crippen molar-refractivity contribution in [1.82, 2.24) is 24.1 Å². The van der Waals surface area contributed by atoms with Gasteiger partial charge < -0.3 is 0 Å². The smallest absolute Gasteiger partial charge is 0.271 e. The predicted molar refractivity (Wildman–Crippen MR) is 94.8 cm³/mol. The van der Waals surface area contributed by atoms with Gasteiger partial charge in [0.2, 0.25) is 0 Å². The molecule has 3 aromatic heterocycles. The van der Waals surface area contributed by atoms with E-state index < -0.39 is 4.92 Å². The molecule has 0 aliphatic carbocycles. The first-order valence-electron chi connectivity index (χ1n) is 7.87. The quantitative estimate of drug-likeness (QED) is 0.405. The van der Waals surface area contributed by atoms with Crippen LogP contribution in [0.5, 0.6) is 0 Å². The molecule has 0 saturated carbocycles. The summed E-state index contributed by atoms with van der Waals surface area (Å²) in [5.41, 5.74) is 1.95. The molecule has 0 spiro atoms. The Hall–Kier alpha value is -3.62. The molecule has 0 radical (unpaired) electrons. The molecular weight excluding hydrogens is 336 g/mol. The van der Waals surface area contributed by atoms with E-state index in [-0.39, 0.29) is 11.2 Å². The van der Waals surface area contributed by atoms with Gasteiger partial charge in [-0.25, -0.2) is 4.98 Å². The van der Waals surface area contributed by atoms with E-state index in [2.05, 4.69) is 15.1 Å². The first-order valence-corrected chi connectivity index (χ1v) is 7.87. The van der Waals surface area contributed by atoms with Crippen LogP contribution in [0.4, 0.5) is 5.69 Å². The zero-order chi connectivity index (χ0) is 18.6. The summed E-state index contributed by atoms with van der Waals surface area (Å²) in [5, 5.41) is 15.8. The third-order valence-corrected chi connectivity index (χ3v) is 4.29. The Bertz CT molecular complexity index is 1270. The van der Waals surface area contributed by atoms with E-state index in [9.17, 15) is 14.9 Å². The number of pyridine rings is 1. The molecule has 26 heavy (non-hydrogen) atoms. The second-order valence-electron chi connectivity index (χ2n) is 6.05. The maximum Gasteiger partial charge on any atom is 0.271 e.